The fourth-order valence-corrected chi connectivity index (χ4v) is 1.12. The van der Waals surface area contributed by atoms with Gasteiger partial charge < -0.3 is 9.84 Å². The minimum Gasteiger partial charge on any atom is -0.497 e. The number of methoxy groups -OCH3 is 1. The van der Waals surface area contributed by atoms with E-state index in [2.05, 4.69) is 5.73 Å². The Hall–Kier alpha value is -1.50. The highest BCUT2D eigenvalue weighted by molar-refractivity contribution is 5.63. The normalized spacial score (nSPS) is 9.07. The molecule has 1 aromatic rings. The van der Waals surface area contributed by atoms with Gasteiger partial charge in [-0.05, 0) is 36.3 Å². The quantitative estimate of drug-likeness (QED) is 0.741. The molecule has 2 nitrogen and oxygen atoms in total. The Labute approximate surface area is 84.1 Å². The molecule has 1 N–H and O–H groups in total. The van der Waals surface area contributed by atoms with Gasteiger partial charge in [-0.15, -0.1) is 5.73 Å². The summed E-state index contributed by atoms with van der Waals surface area (Å²) in [5.41, 5.74) is 5.07. The minimum absolute atomic E-state index is 0.0213. The predicted molar refractivity (Wildman–Crippen MR) is 57.2 cm³/mol. The van der Waals surface area contributed by atoms with Gasteiger partial charge in [0, 0.05) is 0 Å². The summed E-state index contributed by atoms with van der Waals surface area (Å²) in [4.78, 5) is 0. The summed E-state index contributed by atoms with van der Waals surface area (Å²) in [6, 6.07) is 7.73. The van der Waals surface area contributed by atoms with Crippen molar-refractivity contribution in [2.45, 2.75) is 6.92 Å². The zero-order valence-corrected chi connectivity index (χ0v) is 8.45. The van der Waals surface area contributed by atoms with Crippen molar-refractivity contribution in [1.29, 1.82) is 0 Å². The molecule has 0 fully saturated rings. The highest BCUT2D eigenvalue weighted by atomic mass is 16.5. The summed E-state index contributed by atoms with van der Waals surface area (Å²) in [5, 5.41) is 8.59. The molecule has 0 amide bonds. The van der Waals surface area contributed by atoms with Gasteiger partial charge in [0.25, 0.3) is 0 Å². The molecular weight excluding hydrogens is 176 g/mol. The second-order valence-corrected chi connectivity index (χ2v) is 2.88. The number of benzene rings is 1. The fraction of sp³-hybridized carbons (Fsp3) is 0.250. The number of rotatable bonds is 3. The molecule has 0 aliphatic heterocycles. The molecule has 0 atom stereocenters. The third-order valence-electron chi connectivity index (χ3n) is 1.93. The molecule has 0 saturated heterocycles. The lowest BCUT2D eigenvalue weighted by Crippen LogP contribution is -1.83. The highest BCUT2D eigenvalue weighted by Gasteiger charge is 1.94. The Kier molecular flexibility index (Phi) is 3.99. The molecule has 74 valence electrons. The van der Waals surface area contributed by atoms with Gasteiger partial charge in [0.2, 0.25) is 0 Å². The first-order valence-electron chi connectivity index (χ1n) is 4.45. The topological polar surface area (TPSA) is 29.5 Å². The van der Waals surface area contributed by atoms with E-state index in [1.54, 1.807) is 13.2 Å². The summed E-state index contributed by atoms with van der Waals surface area (Å²) in [6.07, 6.45) is 1.60. The SMILES string of the molecule is COc1ccc(C(C)=C=CCO)cc1. The molecular formula is C12H14O2. The van der Waals surface area contributed by atoms with Crippen molar-refractivity contribution >= 4 is 5.57 Å². The summed E-state index contributed by atoms with van der Waals surface area (Å²) in [7, 11) is 1.64. The third-order valence-corrected chi connectivity index (χ3v) is 1.93. The zero-order chi connectivity index (χ0) is 10.4. The fourth-order valence-electron chi connectivity index (χ4n) is 1.12. The lowest BCUT2D eigenvalue weighted by Gasteiger charge is -2.01. The maximum Gasteiger partial charge on any atom is 0.118 e. The second kappa shape index (κ2) is 5.28. The first kappa shape index (κ1) is 10.6. The minimum atomic E-state index is 0.0213. The van der Waals surface area contributed by atoms with Crippen LogP contribution in [0.25, 0.3) is 5.57 Å². The molecule has 1 aromatic carbocycles. The van der Waals surface area contributed by atoms with Crippen LogP contribution in [0.1, 0.15) is 12.5 Å². The number of aliphatic hydroxyl groups is 1. The van der Waals surface area contributed by atoms with Gasteiger partial charge in [-0.3, -0.25) is 0 Å². The maximum absolute atomic E-state index is 8.59. The van der Waals surface area contributed by atoms with E-state index in [4.69, 9.17) is 9.84 Å². The molecule has 0 heterocycles. The Bertz CT molecular complexity index is 343. The van der Waals surface area contributed by atoms with Crippen molar-refractivity contribution in [3.05, 3.63) is 41.6 Å². The highest BCUT2D eigenvalue weighted by Crippen LogP contribution is 2.16. The summed E-state index contributed by atoms with van der Waals surface area (Å²) >= 11 is 0. The molecule has 14 heavy (non-hydrogen) atoms. The van der Waals surface area contributed by atoms with Crippen LogP contribution in [0, 0.1) is 0 Å². The standard InChI is InChI=1S/C12H14O2/c1-10(4-3-9-13)11-5-7-12(14-2)8-6-11/h3,5-8,13H,9H2,1-2H3. The Morgan fingerprint density at radius 2 is 2.07 bits per heavy atom. The molecule has 0 aliphatic carbocycles. The first-order valence-corrected chi connectivity index (χ1v) is 4.45. The number of ether oxygens (including phenoxy) is 1. The lowest BCUT2D eigenvalue weighted by molar-refractivity contribution is 0.343. The summed E-state index contributed by atoms with van der Waals surface area (Å²) in [5.74, 6) is 0.840. The van der Waals surface area contributed by atoms with E-state index < -0.39 is 0 Å². The van der Waals surface area contributed by atoms with Crippen molar-refractivity contribution in [3.8, 4) is 5.75 Å². The average molecular weight is 190 g/mol. The largest absolute Gasteiger partial charge is 0.497 e. The number of aliphatic hydroxyl groups excluding tert-OH is 1. The number of hydrogen-bond acceptors (Lipinski definition) is 2. The Morgan fingerprint density at radius 1 is 1.43 bits per heavy atom. The van der Waals surface area contributed by atoms with Crippen molar-refractivity contribution in [2.24, 2.45) is 0 Å². The molecule has 0 saturated carbocycles. The Balaban J connectivity index is 2.92. The number of hydrogen-bond donors (Lipinski definition) is 1. The summed E-state index contributed by atoms with van der Waals surface area (Å²) < 4.78 is 5.05. The van der Waals surface area contributed by atoms with Crippen LogP contribution in [0.15, 0.2) is 36.1 Å². The smallest absolute Gasteiger partial charge is 0.118 e. The van der Waals surface area contributed by atoms with Crippen molar-refractivity contribution in [2.75, 3.05) is 13.7 Å². The lowest BCUT2D eigenvalue weighted by atomic mass is 10.1. The van der Waals surface area contributed by atoms with Gasteiger partial charge in [0.05, 0.1) is 13.7 Å². The van der Waals surface area contributed by atoms with Crippen LogP contribution in [0.4, 0.5) is 0 Å². The van der Waals surface area contributed by atoms with Crippen LogP contribution in [0.3, 0.4) is 0 Å². The van der Waals surface area contributed by atoms with Crippen molar-refractivity contribution < 1.29 is 9.84 Å². The molecule has 0 spiro atoms. The monoisotopic (exact) mass is 190 g/mol. The van der Waals surface area contributed by atoms with E-state index in [0.29, 0.717) is 0 Å². The van der Waals surface area contributed by atoms with Crippen LogP contribution >= 0.6 is 0 Å². The van der Waals surface area contributed by atoms with Gasteiger partial charge in [-0.2, -0.15) is 0 Å². The Morgan fingerprint density at radius 3 is 2.57 bits per heavy atom. The predicted octanol–water partition coefficient (Wildman–Crippen LogP) is 2.25. The van der Waals surface area contributed by atoms with Crippen LogP contribution in [0.2, 0.25) is 0 Å². The molecule has 0 aliphatic rings. The van der Waals surface area contributed by atoms with Crippen LogP contribution in [-0.2, 0) is 0 Å². The van der Waals surface area contributed by atoms with Gasteiger partial charge in [-0.25, -0.2) is 0 Å². The third kappa shape index (κ3) is 2.77. The van der Waals surface area contributed by atoms with E-state index in [0.717, 1.165) is 16.9 Å². The van der Waals surface area contributed by atoms with Gasteiger partial charge >= 0.3 is 0 Å². The van der Waals surface area contributed by atoms with Crippen molar-refractivity contribution in [3.63, 3.8) is 0 Å². The maximum atomic E-state index is 8.59. The molecule has 1 rings (SSSR count). The molecule has 0 bridgehead atoms. The summed E-state index contributed by atoms with van der Waals surface area (Å²) in [6.45, 7) is 1.97. The van der Waals surface area contributed by atoms with Gasteiger partial charge in [0.1, 0.15) is 5.75 Å². The van der Waals surface area contributed by atoms with Crippen LogP contribution < -0.4 is 4.74 Å². The van der Waals surface area contributed by atoms with E-state index in [-0.39, 0.29) is 6.61 Å². The molecule has 0 aromatic heterocycles. The second-order valence-electron chi connectivity index (χ2n) is 2.88. The molecule has 0 unspecified atom stereocenters. The van der Waals surface area contributed by atoms with E-state index in [9.17, 15) is 0 Å². The molecule has 0 radical (unpaired) electrons. The van der Waals surface area contributed by atoms with E-state index >= 15 is 0 Å². The van der Waals surface area contributed by atoms with Crippen LogP contribution in [-0.4, -0.2) is 18.8 Å². The van der Waals surface area contributed by atoms with Crippen LogP contribution in [0.5, 0.6) is 5.75 Å². The van der Waals surface area contributed by atoms with Gasteiger partial charge in [0.15, 0.2) is 0 Å². The average Bonchev–Trinajstić information content (AvgIpc) is 2.26. The van der Waals surface area contributed by atoms with E-state index in [1.807, 2.05) is 31.2 Å². The molecule has 2 heteroatoms. The first-order chi connectivity index (χ1) is 6.77. The zero-order valence-electron chi connectivity index (χ0n) is 8.45. The van der Waals surface area contributed by atoms with E-state index in [1.165, 1.54) is 0 Å². The van der Waals surface area contributed by atoms with Crippen molar-refractivity contribution in [1.82, 2.24) is 0 Å². The van der Waals surface area contributed by atoms with Gasteiger partial charge in [-0.1, -0.05) is 12.1 Å².